The molecule has 2 rings (SSSR count). The van der Waals surface area contributed by atoms with Gasteiger partial charge in [0.1, 0.15) is 0 Å². The van der Waals surface area contributed by atoms with E-state index >= 15 is 0 Å². The molecule has 0 aliphatic heterocycles. The fourth-order valence-electron chi connectivity index (χ4n) is 1.97. The molecule has 0 fully saturated rings. The van der Waals surface area contributed by atoms with E-state index in [0.717, 1.165) is 21.7 Å². The molecule has 0 aliphatic rings. The van der Waals surface area contributed by atoms with Crippen molar-refractivity contribution in [1.29, 1.82) is 0 Å². The van der Waals surface area contributed by atoms with Crippen LogP contribution in [-0.4, -0.2) is 17.4 Å². The predicted molar refractivity (Wildman–Crippen MR) is 88.6 cm³/mol. The average molecular weight is 318 g/mol. The Morgan fingerprint density at radius 1 is 1.23 bits per heavy atom. The number of hydrogen-bond donors (Lipinski definition) is 2. The molecule has 22 heavy (non-hydrogen) atoms. The highest BCUT2D eigenvalue weighted by atomic mass is 35.5. The fourth-order valence-corrected chi connectivity index (χ4v) is 2.18. The molecule has 2 N–H and O–H groups in total. The molecule has 0 saturated carbocycles. The molecule has 0 aliphatic carbocycles. The van der Waals surface area contributed by atoms with Gasteiger partial charge < -0.3 is 10.6 Å². The number of amides is 1. The first-order chi connectivity index (χ1) is 10.6. The van der Waals surface area contributed by atoms with Crippen molar-refractivity contribution in [2.75, 3.05) is 6.54 Å². The Hall–Kier alpha value is -1.91. The van der Waals surface area contributed by atoms with Crippen LogP contribution in [0.5, 0.6) is 0 Å². The topological polar surface area (TPSA) is 54.0 Å². The smallest absolute Gasteiger partial charge is 0.221 e. The third-order valence-corrected chi connectivity index (χ3v) is 3.71. The fraction of sp³-hybridized carbons (Fsp3) is 0.294. The molecule has 1 aromatic heterocycles. The maximum Gasteiger partial charge on any atom is 0.221 e. The average Bonchev–Trinajstić information content (AvgIpc) is 2.54. The monoisotopic (exact) mass is 317 g/mol. The molecule has 0 saturated heterocycles. The van der Waals surface area contributed by atoms with Crippen LogP contribution in [0.25, 0.3) is 0 Å². The van der Waals surface area contributed by atoms with Gasteiger partial charge in [0.2, 0.25) is 5.91 Å². The summed E-state index contributed by atoms with van der Waals surface area (Å²) in [6, 6.07) is 9.78. The van der Waals surface area contributed by atoms with Gasteiger partial charge in [-0.3, -0.25) is 9.78 Å². The minimum Gasteiger partial charge on any atom is -0.352 e. The van der Waals surface area contributed by atoms with Crippen LogP contribution in [0.4, 0.5) is 0 Å². The van der Waals surface area contributed by atoms with Crippen LogP contribution in [-0.2, 0) is 17.9 Å². The van der Waals surface area contributed by atoms with Crippen LogP contribution < -0.4 is 10.6 Å². The number of carbonyl (C=O) groups excluding carboxylic acids is 1. The molecular weight excluding hydrogens is 298 g/mol. The second-order valence-corrected chi connectivity index (χ2v) is 5.56. The Labute approximate surface area is 135 Å². The summed E-state index contributed by atoms with van der Waals surface area (Å²) >= 11 is 6.08. The van der Waals surface area contributed by atoms with Gasteiger partial charge >= 0.3 is 0 Å². The summed E-state index contributed by atoms with van der Waals surface area (Å²) in [6.45, 7) is 3.83. The summed E-state index contributed by atoms with van der Waals surface area (Å²) in [5.41, 5.74) is 3.18. The van der Waals surface area contributed by atoms with Crippen LogP contribution >= 0.6 is 11.6 Å². The van der Waals surface area contributed by atoms with E-state index in [9.17, 15) is 4.79 Å². The summed E-state index contributed by atoms with van der Waals surface area (Å²) in [6.07, 6.45) is 3.91. The van der Waals surface area contributed by atoms with Crippen LogP contribution in [0, 0.1) is 6.92 Å². The Morgan fingerprint density at radius 2 is 2.09 bits per heavy atom. The lowest BCUT2D eigenvalue weighted by Crippen LogP contribution is -2.27. The number of halogens is 1. The number of rotatable bonds is 7. The third-order valence-electron chi connectivity index (χ3n) is 3.31. The molecule has 1 amide bonds. The number of nitrogens with one attached hydrogen (secondary N) is 2. The Balaban J connectivity index is 1.63. The molecule has 2 aromatic rings. The van der Waals surface area contributed by atoms with Gasteiger partial charge in [-0.1, -0.05) is 29.8 Å². The molecule has 0 radical (unpaired) electrons. The highest BCUT2D eigenvalue weighted by Crippen LogP contribution is 2.16. The Morgan fingerprint density at radius 3 is 2.82 bits per heavy atom. The SMILES string of the molecule is Cc1ccc(CNCCC(=O)NCc2cccnc2)cc1Cl. The normalized spacial score (nSPS) is 10.5. The molecule has 0 atom stereocenters. The van der Waals surface area contributed by atoms with Crippen LogP contribution in [0.15, 0.2) is 42.7 Å². The zero-order valence-corrected chi connectivity index (χ0v) is 13.4. The summed E-state index contributed by atoms with van der Waals surface area (Å²) in [5, 5.41) is 6.89. The minimum atomic E-state index is 0.0262. The van der Waals surface area contributed by atoms with Gasteiger partial charge in [0.15, 0.2) is 0 Å². The van der Waals surface area contributed by atoms with Gasteiger partial charge in [-0.25, -0.2) is 0 Å². The van der Waals surface area contributed by atoms with Crippen LogP contribution in [0.1, 0.15) is 23.1 Å². The summed E-state index contributed by atoms with van der Waals surface area (Å²) in [7, 11) is 0. The molecular formula is C17H20ClN3O. The summed E-state index contributed by atoms with van der Waals surface area (Å²) in [4.78, 5) is 15.7. The van der Waals surface area contributed by atoms with E-state index in [4.69, 9.17) is 11.6 Å². The number of carbonyl (C=O) groups is 1. The molecule has 4 nitrogen and oxygen atoms in total. The largest absolute Gasteiger partial charge is 0.352 e. The van der Waals surface area contributed by atoms with Crippen molar-refractivity contribution in [2.24, 2.45) is 0 Å². The number of aryl methyl sites for hydroxylation is 1. The minimum absolute atomic E-state index is 0.0262. The molecule has 0 bridgehead atoms. The lowest BCUT2D eigenvalue weighted by atomic mass is 10.1. The second-order valence-electron chi connectivity index (χ2n) is 5.15. The van der Waals surface area contributed by atoms with Crippen molar-refractivity contribution < 1.29 is 4.79 Å². The number of benzene rings is 1. The van der Waals surface area contributed by atoms with E-state index in [1.807, 2.05) is 37.3 Å². The quantitative estimate of drug-likeness (QED) is 0.772. The lowest BCUT2D eigenvalue weighted by Gasteiger charge is -2.07. The maximum atomic E-state index is 11.7. The van der Waals surface area contributed by atoms with Crippen molar-refractivity contribution in [3.63, 3.8) is 0 Å². The second kappa shape index (κ2) is 8.51. The van der Waals surface area contributed by atoms with Crippen molar-refractivity contribution in [3.05, 3.63) is 64.4 Å². The van der Waals surface area contributed by atoms with E-state index in [-0.39, 0.29) is 5.91 Å². The lowest BCUT2D eigenvalue weighted by molar-refractivity contribution is -0.121. The van der Waals surface area contributed by atoms with Crippen molar-refractivity contribution in [2.45, 2.75) is 26.4 Å². The number of hydrogen-bond acceptors (Lipinski definition) is 3. The van der Waals surface area contributed by atoms with E-state index in [0.29, 0.717) is 26.1 Å². The molecule has 0 unspecified atom stereocenters. The molecule has 0 spiro atoms. The molecule has 116 valence electrons. The number of pyridine rings is 1. The first kappa shape index (κ1) is 16.5. The molecule has 1 aromatic carbocycles. The van der Waals surface area contributed by atoms with E-state index in [2.05, 4.69) is 15.6 Å². The van der Waals surface area contributed by atoms with Gasteiger partial charge in [0.25, 0.3) is 0 Å². The number of nitrogens with zero attached hydrogens (tertiary/aromatic N) is 1. The molecule has 5 heteroatoms. The van der Waals surface area contributed by atoms with Gasteiger partial charge in [0.05, 0.1) is 0 Å². The zero-order chi connectivity index (χ0) is 15.8. The van der Waals surface area contributed by atoms with Crippen LogP contribution in [0.3, 0.4) is 0 Å². The van der Waals surface area contributed by atoms with E-state index < -0.39 is 0 Å². The zero-order valence-electron chi connectivity index (χ0n) is 12.6. The van der Waals surface area contributed by atoms with Crippen molar-refractivity contribution in [3.8, 4) is 0 Å². The Bertz CT molecular complexity index is 617. The van der Waals surface area contributed by atoms with Crippen molar-refractivity contribution in [1.82, 2.24) is 15.6 Å². The third kappa shape index (κ3) is 5.47. The van der Waals surface area contributed by atoms with Gasteiger partial charge in [-0.05, 0) is 35.7 Å². The first-order valence-corrected chi connectivity index (χ1v) is 7.64. The standard InChI is InChI=1S/C17H20ClN3O/c1-13-4-5-14(9-16(13)18)10-20-8-6-17(22)21-12-15-3-2-7-19-11-15/h2-5,7,9,11,20H,6,8,10,12H2,1H3,(H,21,22). The summed E-state index contributed by atoms with van der Waals surface area (Å²) in [5.74, 6) is 0.0262. The predicted octanol–water partition coefficient (Wildman–Crippen LogP) is 2.84. The van der Waals surface area contributed by atoms with Crippen LogP contribution in [0.2, 0.25) is 5.02 Å². The van der Waals surface area contributed by atoms with E-state index in [1.54, 1.807) is 12.4 Å². The van der Waals surface area contributed by atoms with Crippen molar-refractivity contribution >= 4 is 17.5 Å². The van der Waals surface area contributed by atoms with Gasteiger partial charge in [-0.2, -0.15) is 0 Å². The first-order valence-electron chi connectivity index (χ1n) is 7.26. The van der Waals surface area contributed by atoms with E-state index in [1.165, 1.54) is 0 Å². The number of aromatic nitrogens is 1. The van der Waals surface area contributed by atoms with Gasteiger partial charge in [-0.15, -0.1) is 0 Å². The maximum absolute atomic E-state index is 11.7. The Kier molecular flexibility index (Phi) is 6.37. The highest BCUT2D eigenvalue weighted by molar-refractivity contribution is 6.31. The summed E-state index contributed by atoms with van der Waals surface area (Å²) < 4.78 is 0. The van der Waals surface area contributed by atoms with Gasteiger partial charge in [0, 0.05) is 43.5 Å². The highest BCUT2D eigenvalue weighted by Gasteiger charge is 2.02. The molecule has 1 heterocycles.